The van der Waals surface area contributed by atoms with Crippen LogP contribution in [0.3, 0.4) is 0 Å². The summed E-state index contributed by atoms with van der Waals surface area (Å²) in [6.07, 6.45) is 10.3. The minimum atomic E-state index is -0.213. The number of rotatable bonds is 2. The van der Waals surface area contributed by atoms with Crippen LogP contribution in [0.25, 0.3) is 0 Å². The Morgan fingerprint density at radius 2 is 1.82 bits per heavy atom. The third kappa shape index (κ3) is 2.40. The molecule has 0 unspecified atom stereocenters. The first-order valence-electron chi connectivity index (χ1n) is 11.4. The Morgan fingerprint density at radius 1 is 1.11 bits per heavy atom. The number of allylic oxidation sites excluding steroid dienone is 1. The number of hydrogen-bond donors (Lipinski definition) is 0. The Kier molecular flexibility index (Phi) is 4.64. The lowest BCUT2D eigenvalue weighted by atomic mass is 9.45. The summed E-state index contributed by atoms with van der Waals surface area (Å²) in [5.74, 6) is 2.42. The number of carbonyl (C=O) groups is 2. The van der Waals surface area contributed by atoms with Gasteiger partial charge in [0.1, 0.15) is 11.9 Å². The summed E-state index contributed by atoms with van der Waals surface area (Å²) in [4.78, 5) is 24.6. The van der Waals surface area contributed by atoms with E-state index in [-0.39, 0.29) is 28.3 Å². The van der Waals surface area contributed by atoms with Gasteiger partial charge in [-0.3, -0.25) is 9.59 Å². The molecular formula is C25H38O3. The molecular weight excluding hydrogens is 348 g/mol. The van der Waals surface area contributed by atoms with Gasteiger partial charge in [-0.2, -0.15) is 0 Å². The molecule has 0 spiro atoms. The molecule has 3 heteroatoms. The highest BCUT2D eigenvalue weighted by Crippen LogP contribution is 2.71. The largest absolute Gasteiger partial charge is 0.462 e. The van der Waals surface area contributed by atoms with Crippen LogP contribution < -0.4 is 0 Å². The number of carbonyl (C=O) groups excluding carboxylic acids is 2. The zero-order valence-electron chi connectivity index (χ0n) is 18.6. The van der Waals surface area contributed by atoms with Gasteiger partial charge in [-0.25, -0.2) is 0 Å². The van der Waals surface area contributed by atoms with Crippen LogP contribution in [0.1, 0.15) is 86.5 Å². The molecule has 0 bridgehead atoms. The van der Waals surface area contributed by atoms with Gasteiger partial charge >= 0.3 is 5.97 Å². The lowest BCUT2D eigenvalue weighted by molar-refractivity contribution is -0.164. The van der Waals surface area contributed by atoms with E-state index < -0.39 is 0 Å². The lowest BCUT2D eigenvalue weighted by Crippen LogP contribution is -2.56. The average molecular weight is 387 g/mol. The Balaban J connectivity index is 1.73. The Morgan fingerprint density at radius 3 is 2.46 bits per heavy atom. The fraction of sp³-hybridized carbons (Fsp3) is 0.840. The number of ether oxygens (including phenoxy) is 1. The van der Waals surface area contributed by atoms with Gasteiger partial charge in [0.25, 0.3) is 0 Å². The third-order valence-electron chi connectivity index (χ3n) is 10.3. The highest BCUT2D eigenvalue weighted by atomic mass is 16.5. The van der Waals surface area contributed by atoms with E-state index in [9.17, 15) is 9.59 Å². The number of hydrogen-bond acceptors (Lipinski definition) is 3. The summed E-state index contributed by atoms with van der Waals surface area (Å²) >= 11 is 0. The summed E-state index contributed by atoms with van der Waals surface area (Å²) in [5, 5.41) is 0. The molecule has 0 aliphatic heterocycles. The quantitative estimate of drug-likeness (QED) is 0.450. The van der Waals surface area contributed by atoms with Gasteiger partial charge in [-0.05, 0) is 81.0 Å². The van der Waals surface area contributed by atoms with Crippen LogP contribution in [0.2, 0.25) is 0 Å². The smallest absolute Gasteiger partial charge is 0.302 e. The molecule has 0 aromatic heterocycles. The molecule has 0 heterocycles. The summed E-state index contributed by atoms with van der Waals surface area (Å²) in [6, 6.07) is 0. The van der Waals surface area contributed by atoms with E-state index in [4.69, 9.17) is 4.74 Å². The minimum absolute atomic E-state index is 0.0140. The van der Waals surface area contributed by atoms with E-state index in [1.54, 1.807) is 6.92 Å². The van der Waals surface area contributed by atoms with Gasteiger partial charge in [0.05, 0.1) is 0 Å². The van der Waals surface area contributed by atoms with Crippen molar-refractivity contribution in [1.29, 1.82) is 0 Å². The standard InChI is InChI=1S/C25H38O3/c1-15-14-21-19-11-10-18-8-7-9-22(28-17(3)27)24(18,5)20(19)12-13-23(21,4)25(15,6)16(2)26/h10,15,19-22H,7-9,11-14H2,1-6H3/t15-,19-,20+,21+,22-,23+,24+,25-/m1/s1. The van der Waals surface area contributed by atoms with E-state index in [1.807, 2.05) is 6.92 Å². The molecule has 4 aliphatic rings. The summed E-state index contributed by atoms with van der Waals surface area (Å²) in [6.45, 7) is 12.7. The van der Waals surface area contributed by atoms with E-state index in [0.29, 0.717) is 29.5 Å². The van der Waals surface area contributed by atoms with E-state index in [1.165, 1.54) is 5.57 Å². The topological polar surface area (TPSA) is 43.4 Å². The van der Waals surface area contributed by atoms with Crippen molar-refractivity contribution in [3.8, 4) is 0 Å². The maximum atomic E-state index is 12.8. The van der Waals surface area contributed by atoms with Crippen LogP contribution in [0.5, 0.6) is 0 Å². The van der Waals surface area contributed by atoms with Gasteiger partial charge in [-0.15, -0.1) is 0 Å². The first kappa shape index (κ1) is 20.2. The first-order chi connectivity index (χ1) is 13.1. The molecule has 0 aromatic carbocycles. The minimum Gasteiger partial charge on any atom is -0.462 e. The molecule has 0 N–H and O–H groups in total. The summed E-state index contributed by atoms with van der Waals surface area (Å²) in [5.41, 5.74) is 1.39. The zero-order valence-corrected chi connectivity index (χ0v) is 18.6. The molecule has 0 amide bonds. The van der Waals surface area contributed by atoms with Gasteiger partial charge in [0.2, 0.25) is 0 Å². The van der Waals surface area contributed by atoms with Crippen molar-refractivity contribution in [2.24, 2.45) is 39.9 Å². The van der Waals surface area contributed by atoms with Crippen molar-refractivity contribution in [1.82, 2.24) is 0 Å². The molecule has 0 radical (unpaired) electrons. The molecule has 3 fully saturated rings. The summed E-state index contributed by atoms with van der Waals surface area (Å²) < 4.78 is 5.92. The molecule has 3 nitrogen and oxygen atoms in total. The molecule has 4 rings (SSSR count). The second kappa shape index (κ2) is 6.44. The SMILES string of the molecule is CC(=O)O[C@@H]1CCCC2=CC[C@@H]3[C@H](CC[C@@]4(C)[C@H]3C[C@@H](C)[C@]4(C)C(C)=O)[C@]21C. The van der Waals surface area contributed by atoms with Crippen molar-refractivity contribution in [3.05, 3.63) is 11.6 Å². The van der Waals surface area contributed by atoms with Gasteiger partial charge in [-0.1, -0.05) is 39.3 Å². The maximum Gasteiger partial charge on any atom is 0.302 e. The van der Waals surface area contributed by atoms with Crippen molar-refractivity contribution in [3.63, 3.8) is 0 Å². The second-order valence-electron chi connectivity index (χ2n) is 11.0. The van der Waals surface area contributed by atoms with E-state index in [2.05, 4.69) is 33.8 Å². The molecule has 0 aromatic rings. The fourth-order valence-corrected chi connectivity index (χ4v) is 8.40. The van der Waals surface area contributed by atoms with Crippen molar-refractivity contribution >= 4 is 11.8 Å². The van der Waals surface area contributed by atoms with Gasteiger partial charge in [0, 0.05) is 17.8 Å². The van der Waals surface area contributed by atoms with Crippen LogP contribution >= 0.6 is 0 Å². The highest BCUT2D eigenvalue weighted by molar-refractivity contribution is 5.83. The maximum absolute atomic E-state index is 12.8. The third-order valence-corrected chi connectivity index (χ3v) is 10.3. The van der Waals surface area contributed by atoms with Crippen molar-refractivity contribution in [2.75, 3.05) is 0 Å². The van der Waals surface area contributed by atoms with Crippen LogP contribution in [0.4, 0.5) is 0 Å². The monoisotopic (exact) mass is 386 g/mol. The van der Waals surface area contributed by atoms with Crippen LogP contribution in [-0.4, -0.2) is 17.9 Å². The first-order valence-corrected chi connectivity index (χ1v) is 11.4. The second-order valence-corrected chi connectivity index (χ2v) is 11.0. The Bertz CT molecular complexity index is 723. The number of Topliss-reactive ketones (excluding diaryl/α,β-unsaturated/α-hetero) is 1. The molecule has 3 saturated carbocycles. The predicted octanol–water partition coefficient (Wildman–Crippen LogP) is 5.72. The molecule has 156 valence electrons. The lowest BCUT2D eigenvalue weighted by Gasteiger charge is -2.60. The normalized spacial score (nSPS) is 50.1. The zero-order chi connectivity index (χ0) is 20.5. The number of ketones is 1. The molecule has 0 saturated heterocycles. The number of esters is 1. The molecule has 4 aliphatic carbocycles. The van der Waals surface area contributed by atoms with Crippen LogP contribution in [0, 0.1) is 39.9 Å². The highest BCUT2D eigenvalue weighted by Gasteiger charge is 2.67. The van der Waals surface area contributed by atoms with E-state index in [0.717, 1.165) is 44.9 Å². The van der Waals surface area contributed by atoms with Gasteiger partial charge < -0.3 is 4.74 Å². The Hall–Kier alpha value is -1.12. The van der Waals surface area contributed by atoms with Crippen molar-refractivity contribution in [2.45, 2.75) is 92.6 Å². The van der Waals surface area contributed by atoms with Crippen LogP contribution in [-0.2, 0) is 14.3 Å². The average Bonchev–Trinajstić information content (AvgIpc) is 2.83. The molecule has 28 heavy (non-hydrogen) atoms. The summed E-state index contributed by atoms with van der Waals surface area (Å²) in [7, 11) is 0. The fourth-order valence-electron chi connectivity index (χ4n) is 8.40. The van der Waals surface area contributed by atoms with E-state index >= 15 is 0 Å². The Labute approximate surface area is 170 Å². The van der Waals surface area contributed by atoms with Crippen LogP contribution in [0.15, 0.2) is 11.6 Å². The predicted molar refractivity (Wildman–Crippen MR) is 111 cm³/mol. The molecule has 8 atom stereocenters. The van der Waals surface area contributed by atoms with Gasteiger partial charge in [0.15, 0.2) is 0 Å². The number of fused-ring (bicyclic) bond motifs is 5. The van der Waals surface area contributed by atoms with Crippen molar-refractivity contribution < 1.29 is 14.3 Å².